The highest BCUT2D eigenvalue weighted by atomic mass is 16.3. The third-order valence-electron chi connectivity index (χ3n) is 15.8. The number of benzene rings is 11. The van der Waals surface area contributed by atoms with E-state index in [4.69, 9.17) is 8.83 Å². The highest BCUT2D eigenvalue weighted by molar-refractivity contribution is 6.21. The van der Waals surface area contributed by atoms with E-state index in [1.165, 1.54) is 38.8 Å². The van der Waals surface area contributed by atoms with E-state index in [1.54, 1.807) is 0 Å². The SMILES string of the molecule is C=Cc1c(N(c2cccc(C)c2)c2cccc3c2oc2c(-c4ccccc4C(C)C)cccc23)ccc2ccc3c(N(c4cccc(C)c4)c4cccc5c4oc4c(-c6ccccc6C(C)C)cccc45)ccc(C)c3c12. The van der Waals surface area contributed by atoms with Gasteiger partial charge in [-0.05, 0) is 136 Å². The van der Waals surface area contributed by atoms with Crippen LogP contribution in [-0.2, 0) is 0 Å². The van der Waals surface area contributed by atoms with Gasteiger partial charge >= 0.3 is 0 Å². The maximum Gasteiger partial charge on any atom is 0.159 e. The molecule has 0 radical (unpaired) electrons. The fourth-order valence-corrected chi connectivity index (χ4v) is 12.3. The van der Waals surface area contributed by atoms with Gasteiger partial charge in [0, 0.05) is 55.0 Å². The molecule has 4 nitrogen and oxygen atoms in total. The second-order valence-corrected chi connectivity index (χ2v) is 21.4. The van der Waals surface area contributed by atoms with Crippen molar-refractivity contribution in [2.45, 2.75) is 60.3 Å². The lowest BCUT2D eigenvalue weighted by atomic mass is 9.91. The second-order valence-electron chi connectivity index (χ2n) is 21.4. The number of aryl methyl sites for hydroxylation is 3. The monoisotopic (exact) mass is 996 g/mol. The number of hydrogen-bond donors (Lipinski definition) is 0. The van der Waals surface area contributed by atoms with Crippen molar-refractivity contribution in [1.29, 1.82) is 0 Å². The van der Waals surface area contributed by atoms with Crippen LogP contribution in [0.25, 0.3) is 93.8 Å². The van der Waals surface area contributed by atoms with Crippen molar-refractivity contribution >= 4 is 106 Å². The number of fused-ring (bicyclic) bond motifs is 9. The number of anilines is 6. The van der Waals surface area contributed by atoms with E-state index >= 15 is 0 Å². The van der Waals surface area contributed by atoms with Crippen LogP contribution in [0.5, 0.6) is 0 Å². The molecule has 0 saturated carbocycles. The number of furan rings is 2. The van der Waals surface area contributed by atoms with Gasteiger partial charge in [-0.2, -0.15) is 0 Å². The van der Waals surface area contributed by atoms with Crippen molar-refractivity contribution in [2.75, 3.05) is 9.80 Å². The molecule has 0 saturated heterocycles. The van der Waals surface area contributed by atoms with Crippen molar-refractivity contribution in [3.63, 3.8) is 0 Å². The summed E-state index contributed by atoms with van der Waals surface area (Å²) < 4.78 is 14.5. The summed E-state index contributed by atoms with van der Waals surface area (Å²) in [5.41, 5.74) is 21.2. The molecule has 11 aromatic carbocycles. The first-order chi connectivity index (χ1) is 37.6. The molecule has 0 aliphatic heterocycles. The largest absolute Gasteiger partial charge is 0.453 e. The van der Waals surface area contributed by atoms with E-state index in [1.807, 2.05) is 6.08 Å². The molecule has 2 heterocycles. The van der Waals surface area contributed by atoms with Gasteiger partial charge in [0.05, 0.1) is 22.7 Å². The molecule has 0 aliphatic carbocycles. The lowest BCUT2D eigenvalue weighted by Crippen LogP contribution is -2.12. The average molecular weight is 997 g/mol. The lowest BCUT2D eigenvalue weighted by molar-refractivity contribution is 0.669. The highest BCUT2D eigenvalue weighted by Gasteiger charge is 2.27. The van der Waals surface area contributed by atoms with Crippen LogP contribution in [0.15, 0.2) is 222 Å². The highest BCUT2D eigenvalue weighted by Crippen LogP contribution is 2.51. The molecule has 374 valence electrons. The Labute approximate surface area is 450 Å². The second kappa shape index (κ2) is 18.9. The summed E-state index contributed by atoms with van der Waals surface area (Å²) >= 11 is 0. The van der Waals surface area contributed by atoms with Gasteiger partial charge in [-0.15, -0.1) is 0 Å². The van der Waals surface area contributed by atoms with Crippen molar-refractivity contribution in [2.24, 2.45) is 0 Å². The van der Waals surface area contributed by atoms with Gasteiger partial charge in [-0.1, -0.05) is 198 Å². The molecule has 4 heteroatoms. The Morgan fingerprint density at radius 1 is 0.377 bits per heavy atom. The molecule has 2 aromatic heterocycles. The van der Waals surface area contributed by atoms with E-state index in [0.29, 0.717) is 11.8 Å². The van der Waals surface area contributed by atoms with Crippen molar-refractivity contribution in [3.8, 4) is 22.3 Å². The van der Waals surface area contributed by atoms with Crippen molar-refractivity contribution < 1.29 is 8.83 Å². The topological polar surface area (TPSA) is 32.8 Å². The summed E-state index contributed by atoms with van der Waals surface area (Å²) in [7, 11) is 0. The van der Waals surface area contributed by atoms with E-state index in [0.717, 1.165) is 116 Å². The molecule has 0 N–H and O–H groups in total. The Bertz CT molecular complexity index is 4490. The Hall–Kier alpha value is -9.12. The molecule has 0 bridgehead atoms. The van der Waals surface area contributed by atoms with E-state index in [2.05, 4.69) is 271 Å². The van der Waals surface area contributed by atoms with E-state index < -0.39 is 0 Å². The minimum absolute atomic E-state index is 0.350. The van der Waals surface area contributed by atoms with Crippen LogP contribution in [0.4, 0.5) is 34.1 Å². The van der Waals surface area contributed by atoms with E-state index in [-0.39, 0.29) is 0 Å². The maximum atomic E-state index is 7.26. The van der Waals surface area contributed by atoms with Gasteiger partial charge < -0.3 is 18.6 Å². The molecule has 0 unspecified atom stereocenters. The first-order valence-corrected chi connectivity index (χ1v) is 27.0. The predicted octanol–water partition coefficient (Wildman–Crippen LogP) is 21.9. The summed E-state index contributed by atoms with van der Waals surface area (Å²) in [5.74, 6) is 0.702. The third kappa shape index (κ3) is 7.81. The van der Waals surface area contributed by atoms with Gasteiger partial charge in [0.25, 0.3) is 0 Å². The van der Waals surface area contributed by atoms with Crippen LogP contribution in [-0.4, -0.2) is 0 Å². The summed E-state index contributed by atoms with van der Waals surface area (Å²) in [6, 6.07) is 75.0. The molecular weight excluding hydrogens is 937 g/mol. The van der Waals surface area contributed by atoms with Crippen molar-refractivity contribution in [3.05, 3.63) is 246 Å². The van der Waals surface area contributed by atoms with E-state index in [9.17, 15) is 0 Å². The summed E-state index contributed by atoms with van der Waals surface area (Å²) in [6.07, 6.45) is 2.05. The van der Waals surface area contributed by atoms with Crippen molar-refractivity contribution in [1.82, 2.24) is 0 Å². The van der Waals surface area contributed by atoms with Crippen LogP contribution in [0.1, 0.15) is 72.9 Å². The smallest absolute Gasteiger partial charge is 0.159 e. The third-order valence-corrected chi connectivity index (χ3v) is 15.8. The Kier molecular flexibility index (Phi) is 11.7. The molecular formula is C73H60N2O2. The van der Waals surface area contributed by atoms with Crippen LogP contribution in [0.2, 0.25) is 0 Å². The minimum Gasteiger partial charge on any atom is -0.453 e. The first-order valence-electron chi connectivity index (χ1n) is 27.0. The van der Waals surface area contributed by atoms with Crippen LogP contribution in [0.3, 0.4) is 0 Å². The van der Waals surface area contributed by atoms with Gasteiger partial charge in [0.15, 0.2) is 11.2 Å². The number of nitrogens with zero attached hydrogens (tertiary/aromatic N) is 2. The molecule has 0 atom stereocenters. The zero-order valence-electron chi connectivity index (χ0n) is 44.8. The van der Waals surface area contributed by atoms with Gasteiger partial charge in [-0.3, -0.25) is 0 Å². The average Bonchev–Trinajstić information content (AvgIpc) is 4.05. The quantitative estimate of drug-likeness (QED) is 0.121. The van der Waals surface area contributed by atoms with Gasteiger partial charge in [0.1, 0.15) is 11.2 Å². The van der Waals surface area contributed by atoms with Crippen LogP contribution >= 0.6 is 0 Å². The number of para-hydroxylation sites is 4. The van der Waals surface area contributed by atoms with Crippen LogP contribution in [0, 0.1) is 20.8 Å². The predicted molar refractivity (Wildman–Crippen MR) is 329 cm³/mol. The molecule has 0 fully saturated rings. The Morgan fingerprint density at radius 2 is 0.818 bits per heavy atom. The normalized spacial score (nSPS) is 11.9. The molecule has 13 aromatic rings. The Balaban J connectivity index is 1.05. The molecule has 13 rings (SSSR count). The minimum atomic E-state index is 0.350. The van der Waals surface area contributed by atoms with Crippen LogP contribution < -0.4 is 9.80 Å². The number of hydrogen-bond acceptors (Lipinski definition) is 4. The zero-order valence-corrected chi connectivity index (χ0v) is 44.8. The standard InChI is InChI=1S/C73H60N2O2/c1-9-52-64(74(50-22-14-20-46(6)42-50)66-34-18-32-61-59-30-16-28-57(70(59)76-72(61)66)55-26-12-10-24-53(55)44(2)3)41-38-49-37-39-63-65(40-36-48(8)68(63)69(49)52)75(51-23-15-21-47(7)43-51)67-35-19-33-62-60-31-17-29-58(71(60)77-73(62)67)56-27-13-11-25-54(56)45(4)5/h9-45H,1H2,2-8H3. The fourth-order valence-electron chi connectivity index (χ4n) is 12.3. The Morgan fingerprint density at radius 3 is 1.32 bits per heavy atom. The fraction of sp³-hybridized carbons (Fsp3) is 0.123. The number of rotatable bonds is 11. The molecule has 77 heavy (non-hydrogen) atoms. The lowest BCUT2D eigenvalue weighted by Gasteiger charge is -2.29. The van der Waals surface area contributed by atoms with Gasteiger partial charge in [-0.25, -0.2) is 0 Å². The molecule has 0 spiro atoms. The first kappa shape index (κ1) is 47.6. The zero-order chi connectivity index (χ0) is 52.6. The molecule has 0 amide bonds. The summed E-state index contributed by atoms with van der Waals surface area (Å²) in [4.78, 5) is 4.78. The summed E-state index contributed by atoms with van der Waals surface area (Å²) in [6.45, 7) is 20.2. The van der Waals surface area contributed by atoms with Gasteiger partial charge in [0.2, 0.25) is 0 Å². The maximum absolute atomic E-state index is 7.26. The summed E-state index contributed by atoms with van der Waals surface area (Å²) in [5, 5.41) is 8.88. The molecule has 0 aliphatic rings.